The summed E-state index contributed by atoms with van der Waals surface area (Å²) in [6.45, 7) is 4.12. The molecule has 0 atom stereocenters. The van der Waals surface area contributed by atoms with E-state index in [2.05, 4.69) is 0 Å². The summed E-state index contributed by atoms with van der Waals surface area (Å²) in [4.78, 5) is 0. The van der Waals surface area contributed by atoms with Crippen LogP contribution in [0.4, 0.5) is 4.39 Å². The number of benzene rings is 1. The van der Waals surface area contributed by atoms with Crippen LogP contribution in [-0.4, -0.2) is 13.2 Å². The van der Waals surface area contributed by atoms with Crippen LogP contribution in [0.5, 0.6) is 0 Å². The van der Waals surface area contributed by atoms with Crippen LogP contribution in [0.25, 0.3) is 6.08 Å². The molecule has 0 unspecified atom stereocenters. The van der Waals surface area contributed by atoms with Crippen LogP contribution in [0.2, 0.25) is 0 Å². The van der Waals surface area contributed by atoms with E-state index < -0.39 is 7.60 Å². The highest BCUT2D eigenvalue weighted by molar-refractivity contribution is 7.57. The molecule has 5 heteroatoms. The van der Waals surface area contributed by atoms with E-state index in [-0.39, 0.29) is 5.82 Å². The Balaban J connectivity index is 2.79. The predicted octanol–water partition coefficient (Wildman–Crippen LogP) is 4.06. The van der Waals surface area contributed by atoms with Crippen molar-refractivity contribution >= 4 is 13.7 Å². The van der Waals surface area contributed by atoms with Gasteiger partial charge in [0.05, 0.1) is 13.2 Å². The van der Waals surface area contributed by atoms with Crippen molar-refractivity contribution in [1.29, 1.82) is 0 Å². The van der Waals surface area contributed by atoms with Crippen molar-refractivity contribution in [3.05, 3.63) is 41.5 Å². The quantitative estimate of drug-likeness (QED) is 0.722. The maximum absolute atomic E-state index is 12.7. The van der Waals surface area contributed by atoms with Gasteiger partial charge in [0.25, 0.3) is 0 Å². The van der Waals surface area contributed by atoms with Gasteiger partial charge in [-0.3, -0.25) is 4.57 Å². The fourth-order valence-electron chi connectivity index (χ4n) is 1.23. The first-order valence-corrected chi connectivity index (χ1v) is 7.04. The van der Waals surface area contributed by atoms with Gasteiger partial charge in [0, 0.05) is 5.82 Å². The van der Waals surface area contributed by atoms with Gasteiger partial charge < -0.3 is 9.05 Å². The molecule has 0 spiro atoms. The van der Waals surface area contributed by atoms with Crippen LogP contribution in [0.1, 0.15) is 19.4 Å². The molecule has 94 valence electrons. The maximum atomic E-state index is 12.7. The highest BCUT2D eigenvalue weighted by Gasteiger charge is 2.18. The molecule has 0 aliphatic rings. The van der Waals surface area contributed by atoms with E-state index in [1.54, 1.807) is 32.1 Å². The molecule has 1 aromatic carbocycles. The van der Waals surface area contributed by atoms with Crippen molar-refractivity contribution in [2.24, 2.45) is 0 Å². The average molecular weight is 258 g/mol. The largest absolute Gasteiger partial charge is 0.354 e. The molecule has 0 aromatic heterocycles. The fraction of sp³-hybridized carbons (Fsp3) is 0.333. The number of rotatable bonds is 6. The number of hydrogen-bond donors (Lipinski definition) is 0. The Kier molecular flexibility index (Phi) is 5.56. The molecule has 1 rings (SSSR count). The van der Waals surface area contributed by atoms with Crippen LogP contribution >= 0.6 is 7.60 Å². The molecule has 1 aromatic rings. The van der Waals surface area contributed by atoms with Gasteiger partial charge in [0.15, 0.2) is 0 Å². The lowest BCUT2D eigenvalue weighted by Crippen LogP contribution is -1.92. The highest BCUT2D eigenvalue weighted by Crippen LogP contribution is 2.49. The van der Waals surface area contributed by atoms with E-state index in [1.165, 1.54) is 17.9 Å². The van der Waals surface area contributed by atoms with Crippen molar-refractivity contribution in [3.63, 3.8) is 0 Å². The smallest absolute Gasteiger partial charge is 0.306 e. The summed E-state index contributed by atoms with van der Waals surface area (Å²) >= 11 is 0. The maximum Gasteiger partial charge on any atom is 0.354 e. The first-order valence-electron chi connectivity index (χ1n) is 5.43. The average Bonchev–Trinajstić information content (AvgIpc) is 2.29. The van der Waals surface area contributed by atoms with Crippen molar-refractivity contribution in [2.75, 3.05) is 13.2 Å². The Hall–Kier alpha value is -0.960. The zero-order valence-corrected chi connectivity index (χ0v) is 10.8. The molecule has 0 aliphatic carbocycles. The molecule has 0 amide bonds. The Bertz CT molecular complexity index is 404. The molecule has 0 saturated carbocycles. The molecule has 0 saturated heterocycles. The van der Waals surface area contributed by atoms with Crippen molar-refractivity contribution in [1.82, 2.24) is 0 Å². The number of hydrogen-bond acceptors (Lipinski definition) is 3. The summed E-state index contributed by atoms with van der Waals surface area (Å²) in [5.41, 5.74) is 0.742. The Labute approximate surface area is 101 Å². The minimum Gasteiger partial charge on any atom is -0.306 e. The van der Waals surface area contributed by atoms with Crippen molar-refractivity contribution in [3.8, 4) is 0 Å². The highest BCUT2D eigenvalue weighted by atomic mass is 31.2. The van der Waals surface area contributed by atoms with Gasteiger partial charge in [-0.05, 0) is 37.6 Å². The van der Waals surface area contributed by atoms with Crippen LogP contribution in [0, 0.1) is 5.82 Å². The predicted molar refractivity (Wildman–Crippen MR) is 66.3 cm³/mol. The first-order chi connectivity index (χ1) is 8.09. The minimum absolute atomic E-state index is 0.306. The Morgan fingerprint density at radius 3 is 2.18 bits per heavy atom. The third kappa shape index (κ3) is 4.82. The molecule has 0 bridgehead atoms. The fourth-order valence-corrected chi connectivity index (χ4v) is 2.56. The van der Waals surface area contributed by atoms with Gasteiger partial charge in [-0.25, -0.2) is 4.39 Å². The van der Waals surface area contributed by atoms with E-state index in [0.29, 0.717) is 13.2 Å². The van der Waals surface area contributed by atoms with E-state index >= 15 is 0 Å². The van der Waals surface area contributed by atoms with E-state index in [4.69, 9.17) is 9.05 Å². The molecule has 0 heterocycles. The molecule has 17 heavy (non-hydrogen) atoms. The van der Waals surface area contributed by atoms with Gasteiger partial charge in [0.1, 0.15) is 5.82 Å². The summed E-state index contributed by atoms with van der Waals surface area (Å²) < 4.78 is 34.9. The van der Waals surface area contributed by atoms with Crippen LogP contribution in [0.15, 0.2) is 30.1 Å². The molecular formula is C12H16FO3P. The Morgan fingerprint density at radius 1 is 1.18 bits per heavy atom. The number of halogens is 1. The van der Waals surface area contributed by atoms with Gasteiger partial charge in [-0.1, -0.05) is 12.1 Å². The van der Waals surface area contributed by atoms with Gasteiger partial charge in [-0.15, -0.1) is 0 Å². The lowest BCUT2D eigenvalue weighted by atomic mass is 10.2. The van der Waals surface area contributed by atoms with Gasteiger partial charge in [-0.2, -0.15) is 0 Å². The zero-order valence-electron chi connectivity index (χ0n) is 9.93. The Morgan fingerprint density at radius 2 is 1.71 bits per heavy atom. The zero-order chi connectivity index (χ0) is 12.7. The van der Waals surface area contributed by atoms with Crippen molar-refractivity contribution in [2.45, 2.75) is 13.8 Å². The first kappa shape index (κ1) is 14.1. The summed E-state index contributed by atoms with van der Waals surface area (Å²) in [6.07, 6.45) is 1.60. The lowest BCUT2D eigenvalue weighted by molar-refractivity contribution is 0.229. The van der Waals surface area contributed by atoms with Crippen molar-refractivity contribution < 1.29 is 18.0 Å². The SMILES string of the molecule is CCOP(=O)(/C=C/c1ccc(F)cc1)OCC. The standard InChI is InChI=1S/C12H16FO3P/c1-3-15-17(14,16-4-2)10-9-11-5-7-12(13)8-6-11/h5-10H,3-4H2,1-2H3/b10-9+. The van der Waals surface area contributed by atoms with E-state index in [9.17, 15) is 8.96 Å². The van der Waals surface area contributed by atoms with E-state index in [1.807, 2.05) is 0 Å². The van der Waals surface area contributed by atoms with E-state index in [0.717, 1.165) is 5.56 Å². The van der Waals surface area contributed by atoms with Crippen LogP contribution < -0.4 is 0 Å². The van der Waals surface area contributed by atoms with Gasteiger partial charge in [0.2, 0.25) is 0 Å². The molecule has 0 aliphatic heterocycles. The molecule has 0 radical (unpaired) electrons. The van der Waals surface area contributed by atoms with Gasteiger partial charge >= 0.3 is 7.60 Å². The second kappa shape index (κ2) is 6.70. The second-order valence-corrected chi connectivity index (χ2v) is 5.14. The summed E-state index contributed by atoms with van der Waals surface area (Å²) in [7, 11) is -3.17. The monoisotopic (exact) mass is 258 g/mol. The normalized spacial score (nSPS) is 12.2. The molecule has 0 N–H and O–H groups in total. The molecular weight excluding hydrogens is 242 g/mol. The molecule has 0 fully saturated rings. The summed E-state index contributed by atoms with van der Waals surface area (Å²) in [5, 5.41) is 0. The van der Waals surface area contributed by atoms with Crippen LogP contribution in [0.3, 0.4) is 0 Å². The van der Waals surface area contributed by atoms with Crippen LogP contribution in [-0.2, 0) is 13.6 Å². The summed E-state index contributed by atoms with van der Waals surface area (Å²) in [6, 6.07) is 5.86. The second-order valence-electron chi connectivity index (χ2n) is 3.24. The third-order valence-electron chi connectivity index (χ3n) is 1.94. The summed E-state index contributed by atoms with van der Waals surface area (Å²) in [5.74, 6) is 1.09. The molecule has 3 nitrogen and oxygen atoms in total. The minimum atomic E-state index is -3.17. The topological polar surface area (TPSA) is 35.5 Å². The third-order valence-corrected chi connectivity index (χ3v) is 3.69. The lowest BCUT2D eigenvalue weighted by Gasteiger charge is -2.12.